The van der Waals surface area contributed by atoms with Crippen molar-refractivity contribution in [3.05, 3.63) is 144 Å². The molecule has 0 aliphatic carbocycles. The lowest BCUT2D eigenvalue weighted by molar-refractivity contribution is 0.150. The molecule has 8 rings (SSSR count). The van der Waals surface area contributed by atoms with E-state index in [1.807, 2.05) is 32.2 Å². The van der Waals surface area contributed by atoms with Crippen molar-refractivity contribution in [2.24, 2.45) is 5.41 Å². The molecular formula is C42H41N5O3. The van der Waals surface area contributed by atoms with E-state index < -0.39 is 11.6 Å². The average molecular weight is 664 g/mol. The van der Waals surface area contributed by atoms with Crippen LogP contribution in [0.25, 0.3) is 22.2 Å². The van der Waals surface area contributed by atoms with Gasteiger partial charge in [0.15, 0.2) is 0 Å². The number of benzene rings is 4. The van der Waals surface area contributed by atoms with Crippen molar-refractivity contribution in [2.45, 2.75) is 38.3 Å². The third-order valence-corrected chi connectivity index (χ3v) is 10.4. The van der Waals surface area contributed by atoms with E-state index in [9.17, 15) is 9.90 Å². The predicted octanol–water partition coefficient (Wildman–Crippen LogP) is 8.31. The topological polar surface area (TPSA) is 83.7 Å². The molecule has 2 aliphatic heterocycles. The molecule has 1 amide bonds. The molecule has 252 valence electrons. The molecule has 0 radical (unpaired) electrons. The van der Waals surface area contributed by atoms with E-state index in [4.69, 9.17) is 9.84 Å². The number of amides is 1. The van der Waals surface area contributed by atoms with Crippen molar-refractivity contribution in [2.75, 3.05) is 31.1 Å². The Hall–Kier alpha value is -5.63. The van der Waals surface area contributed by atoms with Crippen LogP contribution in [0.5, 0.6) is 5.88 Å². The Morgan fingerprint density at radius 3 is 1.96 bits per heavy atom. The zero-order valence-corrected chi connectivity index (χ0v) is 28.4. The van der Waals surface area contributed by atoms with E-state index in [2.05, 4.69) is 124 Å². The molecule has 0 saturated carbocycles. The average Bonchev–Trinajstić information content (AvgIpc) is 3.88. The molecule has 8 heteroatoms. The summed E-state index contributed by atoms with van der Waals surface area (Å²) >= 11 is 0. The summed E-state index contributed by atoms with van der Waals surface area (Å²) in [6, 6.07) is 42.5. The molecule has 50 heavy (non-hydrogen) atoms. The van der Waals surface area contributed by atoms with Crippen LogP contribution in [-0.4, -0.2) is 63.1 Å². The smallest absolute Gasteiger partial charge is 0.407 e. The van der Waals surface area contributed by atoms with Crippen molar-refractivity contribution >= 4 is 22.7 Å². The summed E-state index contributed by atoms with van der Waals surface area (Å²) in [5, 5.41) is 16.2. The van der Waals surface area contributed by atoms with E-state index in [0.29, 0.717) is 19.0 Å². The first-order valence-corrected chi connectivity index (χ1v) is 17.4. The zero-order chi connectivity index (χ0) is 34.3. The summed E-state index contributed by atoms with van der Waals surface area (Å²) in [6.07, 6.45) is 2.92. The highest BCUT2D eigenvalue weighted by Gasteiger charge is 2.45. The Morgan fingerprint density at radius 2 is 1.42 bits per heavy atom. The van der Waals surface area contributed by atoms with Gasteiger partial charge in [0.2, 0.25) is 5.88 Å². The highest BCUT2D eigenvalue weighted by atomic mass is 16.5. The fraction of sp³-hybridized carbons (Fsp3) is 0.262. The lowest BCUT2D eigenvalue weighted by atomic mass is 9.77. The van der Waals surface area contributed by atoms with Crippen molar-refractivity contribution in [1.29, 1.82) is 0 Å². The largest absolute Gasteiger partial charge is 0.475 e. The van der Waals surface area contributed by atoms with Crippen LogP contribution < -0.4 is 9.64 Å². The van der Waals surface area contributed by atoms with Gasteiger partial charge in [0, 0.05) is 60.5 Å². The van der Waals surface area contributed by atoms with E-state index in [1.54, 1.807) is 4.90 Å². The Labute approximate surface area is 292 Å². The number of aromatic nitrogens is 3. The molecule has 2 aliphatic rings. The molecule has 2 aromatic heterocycles. The van der Waals surface area contributed by atoms with E-state index in [0.717, 1.165) is 70.5 Å². The molecule has 6 aromatic rings. The number of hydrogen-bond donors (Lipinski definition) is 1. The molecule has 8 nitrogen and oxygen atoms in total. The molecular weight excluding hydrogens is 622 g/mol. The number of pyridine rings is 1. The second-order valence-corrected chi connectivity index (χ2v) is 13.9. The lowest BCUT2D eigenvalue weighted by Crippen LogP contribution is -2.38. The van der Waals surface area contributed by atoms with Crippen LogP contribution in [0.2, 0.25) is 0 Å². The summed E-state index contributed by atoms with van der Waals surface area (Å²) in [5.74, 6) is 0.578. The number of nitrogens with zero attached hydrogens (tertiary/aromatic N) is 5. The van der Waals surface area contributed by atoms with E-state index in [-0.39, 0.29) is 11.5 Å². The van der Waals surface area contributed by atoms with Gasteiger partial charge in [-0.3, -0.25) is 0 Å². The minimum Gasteiger partial charge on any atom is -0.475 e. The lowest BCUT2D eigenvalue weighted by Gasteiger charge is -2.37. The van der Waals surface area contributed by atoms with Crippen LogP contribution in [0.4, 0.5) is 10.5 Å². The van der Waals surface area contributed by atoms with Crippen LogP contribution in [0, 0.1) is 5.41 Å². The third kappa shape index (κ3) is 5.45. The number of hydrogen-bond acceptors (Lipinski definition) is 5. The van der Waals surface area contributed by atoms with Gasteiger partial charge >= 0.3 is 6.09 Å². The Kier molecular flexibility index (Phi) is 8.02. The molecule has 1 unspecified atom stereocenters. The minimum absolute atomic E-state index is 0.0143. The van der Waals surface area contributed by atoms with Gasteiger partial charge in [-0.15, -0.1) is 0 Å². The van der Waals surface area contributed by atoms with Crippen molar-refractivity contribution < 1.29 is 14.6 Å². The maximum Gasteiger partial charge on any atom is 0.407 e. The van der Waals surface area contributed by atoms with Crippen molar-refractivity contribution in [3.8, 4) is 17.1 Å². The quantitative estimate of drug-likeness (QED) is 0.165. The van der Waals surface area contributed by atoms with E-state index >= 15 is 0 Å². The molecule has 1 N–H and O–H groups in total. The maximum atomic E-state index is 11.8. The maximum absolute atomic E-state index is 11.8. The fourth-order valence-electron chi connectivity index (χ4n) is 8.10. The number of ether oxygens (including phenoxy) is 1. The normalized spacial score (nSPS) is 17.7. The highest BCUT2D eigenvalue weighted by molar-refractivity contribution is 5.96. The summed E-state index contributed by atoms with van der Waals surface area (Å²) in [4.78, 5) is 20.4. The Bertz CT molecular complexity index is 2020. The zero-order valence-electron chi connectivity index (χ0n) is 28.4. The van der Waals surface area contributed by atoms with Crippen molar-refractivity contribution in [3.63, 3.8) is 0 Å². The molecule has 2 fully saturated rings. The summed E-state index contributed by atoms with van der Waals surface area (Å²) < 4.78 is 8.10. The molecule has 2 saturated heterocycles. The molecule has 4 aromatic carbocycles. The van der Waals surface area contributed by atoms with E-state index in [1.165, 1.54) is 0 Å². The summed E-state index contributed by atoms with van der Waals surface area (Å²) in [6.45, 7) is 6.90. The van der Waals surface area contributed by atoms with Gasteiger partial charge in [-0.1, -0.05) is 91.0 Å². The minimum atomic E-state index is -0.823. The van der Waals surface area contributed by atoms with Gasteiger partial charge in [0.1, 0.15) is 11.2 Å². The van der Waals surface area contributed by atoms with Crippen LogP contribution in [0.1, 0.15) is 43.4 Å². The van der Waals surface area contributed by atoms with Crippen LogP contribution in [0.3, 0.4) is 0 Å². The number of likely N-dealkylation sites (tertiary alicyclic amines) is 1. The standard InChI is InChI=1S/C42H41N5O3/c1-30(2)50-38-21-18-31(27-43-38)39-36-26-35(45-24-22-41(28-45)23-25-46(29-41)40(48)49)19-20-37(36)47(44-39)42(32-12-6-3-7-13-32,33-14-8-4-9-15-33)34-16-10-5-11-17-34/h3-21,26-27,30H,22-25,28-29H2,1-2H3,(H,48,49). The van der Waals surface area contributed by atoms with Gasteiger partial charge in [-0.2, -0.15) is 5.10 Å². The molecule has 0 bridgehead atoms. The van der Waals surface area contributed by atoms with Gasteiger partial charge in [0.05, 0.1) is 11.6 Å². The number of fused-ring (bicyclic) bond motifs is 1. The third-order valence-electron chi connectivity index (χ3n) is 10.4. The first kappa shape index (κ1) is 31.6. The monoisotopic (exact) mass is 663 g/mol. The number of carbonyl (C=O) groups is 1. The van der Waals surface area contributed by atoms with Crippen LogP contribution >= 0.6 is 0 Å². The highest BCUT2D eigenvalue weighted by Crippen LogP contribution is 2.46. The molecule has 4 heterocycles. The number of rotatable bonds is 8. The van der Waals surface area contributed by atoms with Gasteiger partial charge in [0.25, 0.3) is 0 Å². The second kappa shape index (κ2) is 12.7. The predicted molar refractivity (Wildman–Crippen MR) is 197 cm³/mol. The van der Waals surface area contributed by atoms with Gasteiger partial charge in [-0.25, -0.2) is 14.5 Å². The second-order valence-electron chi connectivity index (χ2n) is 13.9. The Morgan fingerprint density at radius 1 is 0.800 bits per heavy atom. The fourth-order valence-corrected chi connectivity index (χ4v) is 8.10. The van der Waals surface area contributed by atoms with Crippen LogP contribution in [0.15, 0.2) is 128 Å². The first-order valence-electron chi connectivity index (χ1n) is 17.4. The van der Waals surface area contributed by atoms with Gasteiger partial charge in [-0.05, 0) is 67.6 Å². The summed E-state index contributed by atoms with van der Waals surface area (Å²) in [7, 11) is 0. The molecule has 1 spiro atoms. The van der Waals surface area contributed by atoms with Crippen molar-refractivity contribution in [1.82, 2.24) is 19.7 Å². The first-order chi connectivity index (χ1) is 24.4. The number of anilines is 1. The van der Waals surface area contributed by atoms with Crippen LogP contribution in [-0.2, 0) is 5.54 Å². The molecule has 1 atom stereocenters. The van der Waals surface area contributed by atoms with Gasteiger partial charge < -0.3 is 19.6 Å². The SMILES string of the molecule is CC(C)Oc1ccc(-c2nn(C(c3ccccc3)(c3ccccc3)c3ccccc3)c3ccc(N4CCC5(CCN(C(=O)O)C5)C4)cc23)cn1. The summed E-state index contributed by atoms with van der Waals surface area (Å²) in [5.41, 5.74) is 6.33. The number of carboxylic acid groups (broad SMARTS) is 1. The Balaban J connectivity index is 1.34.